The number of urea groups is 1. The molecule has 1 aliphatic rings. The maximum Gasteiger partial charge on any atom is 0.318 e. The zero-order valence-corrected chi connectivity index (χ0v) is 15.0. The third kappa shape index (κ3) is 4.39. The van der Waals surface area contributed by atoms with E-state index in [1.807, 2.05) is 42.3 Å². The summed E-state index contributed by atoms with van der Waals surface area (Å²) in [6.07, 6.45) is 2.22. The molecule has 2 aromatic rings. The van der Waals surface area contributed by atoms with Gasteiger partial charge < -0.3 is 19.4 Å². The number of hydrogen-bond donors (Lipinski definition) is 1. The van der Waals surface area contributed by atoms with Crippen molar-refractivity contribution in [3.8, 4) is 0 Å². The van der Waals surface area contributed by atoms with Crippen LogP contribution in [0, 0.1) is 6.92 Å². The van der Waals surface area contributed by atoms with E-state index in [0.717, 1.165) is 31.0 Å². The number of amides is 2. The Kier molecular flexibility index (Phi) is 5.58. The standard InChI is InChI=1S/C18H24N2O3S/c1-13-7-8-17(23-13)14(2)19-18(21)20(11-15-5-3-9-22-15)12-16-6-4-10-24-16/h4,6-8,10,14-15H,3,5,9,11-12H2,1-2H3,(H,19,21)/t14-,15-/m1/s1. The molecule has 0 saturated carbocycles. The quantitative estimate of drug-likeness (QED) is 0.855. The molecule has 1 fully saturated rings. The fourth-order valence-corrected chi connectivity index (χ4v) is 3.60. The molecule has 0 aliphatic carbocycles. The lowest BCUT2D eigenvalue weighted by Crippen LogP contribution is -2.43. The van der Waals surface area contributed by atoms with Crippen molar-refractivity contribution in [1.82, 2.24) is 10.2 Å². The zero-order valence-electron chi connectivity index (χ0n) is 14.2. The predicted octanol–water partition coefficient (Wildman–Crippen LogP) is 4.10. The second kappa shape index (κ2) is 7.85. The molecule has 1 saturated heterocycles. The number of rotatable bonds is 6. The van der Waals surface area contributed by atoms with Crippen LogP contribution in [-0.2, 0) is 11.3 Å². The molecular weight excluding hydrogens is 324 g/mol. The molecule has 3 rings (SSSR count). The summed E-state index contributed by atoms with van der Waals surface area (Å²) in [7, 11) is 0. The molecule has 3 heterocycles. The Balaban J connectivity index is 1.64. The van der Waals surface area contributed by atoms with Crippen molar-refractivity contribution in [2.24, 2.45) is 0 Å². The second-order valence-corrected chi connectivity index (χ2v) is 7.25. The Bertz CT molecular complexity index is 647. The molecule has 1 aliphatic heterocycles. The van der Waals surface area contributed by atoms with Gasteiger partial charge in [-0.05, 0) is 50.3 Å². The molecule has 2 aromatic heterocycles. The number of nitrogens with one attached hydrogen (secondary N) is 1. The van der Waals surface area contributed by atoms with Crippen LogP contribution < -0.4 is 5.32 Å². The van der Waals surface area contributed by atoms with Gasteiger partial charge in [0.15, 0.2) is 0 Å². The van der Waals surface area contributed by atoms with E-state index in [2.05, 4.69) is 11.4 Å². The van der Waals surface area contributed by atoms with Crippen molar-refractivity contribution in [1.29, 1.82) is 0 Å². The predicted molar refractivity (Wildman–Crippen MR) is 94.1 cm³/mol. The van der Waals surface area contributed by atoms with E-state index >= 15 is 0 Å². The average Bonchev–Trinajstić information content (AvgIpc) is 3.28. The van der Waals surface area contributed by atoms with Crippen LogP contribution in [-0.4, -0.2) is 30.2 Å². The van der Waals surface area contributed by atoms with Crippen LogP contribution in [0.1, 0.15) is 42.2 Å². The number of carbonyl (C=O) groups is 1. The van der Waals surface area contributed by atoms with E-state index in [0.29, 0.717) is 13.1 Å². The molecular formula is C18H24N2O3S. The first-order valence-corrected chi connectivity index (χ1v) is 9.25. The average molecular weight is 348 g/mol. The van der Waals surface area contributed by atoms with Gasteiger partial charge in [-0.15, -0.1) is 11.3 Å². The molecule has 1 N–H and O–H groups in total. The lowest BCUT2D eigenvalue weighted by Gasteiger charge is -2.26. The molecule has 0 spiro atoms. The number of aryl methyl sites for hydroxylation is 1. The van der Waals surface area contributed by atoms with E-state index in [4.69, 9.17) is 9.15 Å². The first-order valence-electron chi connectivity index (χ1n) is 8.37. The molecule has 5 nitrogen and oxygen atoms in total. The van der Waals surface area contributed by atoms with Crippen LogP contribution in [0.2, 0.25) is 0 Å². The summed E-state index contributed by atoms with van der Waals surface area (Å²) in [5.41, 5.74) is 0. The van der Waals surface area contributed by atoms with Crippen molar-refractivity contribution < 1.29 is 13.9 Å². The largest absolute Gasteiger partial charge is 0.464 e. The van der Waals surface area contributed by atoms with E-state index in [1.165, 1.54) is 4.88 Å². The Morgan fingerprint density at radius 1 is 1.46 bits per heavy atom. The Labute approximate surface area is 146 Å². The van der Waals surface area contributed by atoms with Gasteiger partial charge in [-0.25, -0.2) is 4.79 Å². The van der Waals surface area contributed by atoms with Gasteiger partial charge in [0.25, 0.3) is 0 Å². The smallest absolute Gasteiger partial charge is 0.318 e. The fourth-order valence-electron chi connectivity index (χ4n) is 2.88. The van der Waals surface area contributed by atoms with Crippen LogP contribution in [0.15, 0.2) is 34.1 Å². The van der Waals surface area contributed by atoms with Crippen LogP contribution >= 0.6 is 11.3 Å². The minimum Gasteiger partial charge on any atom is -0.464 e. The van der Waals surface area contributed by atoms with Gasteiger partial charge in [-0.2, -0.15) is 0 Å². The molecule has 2 amide bonds. The van der Waals surface area contributed by atoms with E-state index in [9.17, 15) is 4.79 Å². The number of furan rings is 1. The van der Waals surface area contributed by atoms with Crippen molar-refractivity contribution in [3.05, 3.63) is 46.0 Å². The maximum absolute atomic E-state index is 12.8. The van der Waals surface area contributed by atoms with Crippen molar-refractivity contribution in [3.63, 3.8) is 0 Å². The third-order valence-corrected chi connectivity index (χ3v) is 5.05. The van der Waals surface area contributed by atoms with Gasteiger partial charge in [-0.1, -0.05) is 6.07 Å². The number of hydrogen-bond acceptors (Lipinski definition) is 4. The van der Waals surface area contributed by atoms with E-state index < -0.39 is 0 Å². The van der Waals surface area contributed by atoms with Crippen LogP contribution in [0.25, 0.3) is 0 Å². The Morgan fingerprint density at radius 2 is 2.33 bits per heavy atom. The SMILES string of the molecule is Cc1ccc([C@@H](C)NC(=O)N(Cc2cccs2)C[C@H]2CCCO2)o1. The highest BCUT2D eigenvalue weighted by Gasteiger charge is 2.24. The van der Waals surface area contributed by atoms with Crippen molar-refractivity contribution in [2.75, 3.05) is 13.2 Å². The van der Waals surface area contributed by atoms with Crippen molar-refractivity contribution in [2.45, 2.75) is 45.4 Å². The lowest BCUT2D eigenvalue weighted by atomic mass is 10.2. The highest BCUT2D eigenvalue weighted by molar-refractivity contribution is 7.09. The number of nitrogens with zero attached hydrogens (tertiary/aromatic N) is 1. The molecule has 0 bridgehead atoms. The van der Waals surface area contributed by atoms with Gasteiger partial charge >= 0.3 is 6.03 Å². The third-order valence-electron chi connectivity index (χ3n) is 4.19. The zero-order chi connectivity index (χ0) is 16.9. The topological polar surface area (TPSA) is 54.7 Å². The molecule has 0 unspecified atom stereocenters. The molecule has 130 valence electrons. The fraction of sp³-hybridized carbons (Fsp3) is 0.500. The normalized spacial score (nSPS) is 18.5. The Hall–Kier alpha value is -1.79. The van der Waals surface area contributed by atoms with E-state index in [1.54, 1.807) is 11.3 Å². The minimum atomic E-state index is -0.165. The van der Waals surface area contributed by atoms with Crippen molar-refractivity contribution >= 4 is 17.4 Å². The van der Waals surface area contributed by atoms with E-state index in [-0.39, 0.29) is 18.2 Å². The van der Waals surface area contributed by atoms with Gasteiger partial charge in [0.2, 0.25) is 0 Å². The van der Waals surface area contributed by atoms with Crippen LogP contribution in [0.4, 0.5) is 4.79 Å². The number of thiophene rings is 1. The molecule has 0 aromatic carbocycles. The maximum atomic E-state index is 12.8. The summed E-state index contributed by atoms with van der Waals surface area (Å²) in [6, 6.07) is 7.63. The van der Waals surface area contributed by atoms with Gasteiger partial charge in [0.1, 0.15) is 11.5 Å². The first-order chi connectivity index (χ1) is 11.6. The first kappa shape index (κ1) is 17.0. The highest BCUT2D eigenvalue weighted by atomic mass is 32.1. The minimum absolute atomic E-state index is 0.0829. The second-order valence-electron chi connectivity index (χ2n) is 6.21. The number of carbonyl (C=O) groups excluding carboxylic acids is 1. The summed E-state index contributed by atoms with van der Waals surface area (Å²) in [6.45, 7) is 5.85. The summed E-state index contributed by atoms with van der Waals surface area (Å²) in [5, 5.41) is 5.07. The molecule has 0 radical (unpaired) electrons. The summed E-state index contributed by atoms with van der Waals surface area (Å²) < 4.78 is 11.3. The van der Waals surface area contributed by atoms with Gasteiger partial charge in [0.05, 0.1) is 18.7 Å². The van der Waals surface area contributed by atoms with Crippen LogP contribution in [0.5, 0.6) is 0 Å². The molecule has 2 atom stereocenters. The van der Waals surface area contributed by atoms with Gasteiger partial charge in [-0.3, -0.25) is 0 Å². The summed E-state index contributed by atoms with van der Waals surface area (Å²) in [5.74, 6) is 1.62. The highest BCUT2D eigenvalue weighted by Crippen LogP contribution is 2.19. The summed E-state index contributed by atoms with van der Waals surface area (Å²) in [4.78, 5) is 15.8. The van der Waals surface area contributed by atoms with Crippen LogP contribution in [0.3, 0.4) is 0 Å². The monoisotopic (exact) mass is 348 g/mol. The Morgan fingerprint density at radius 3 is 2.96 bits per heavy atom. The molecule has 24 heavy (non-hydrogen) atoms. The lowest BCUT2D eigenvalue weighted by molar-refractivity contribution is 0.0791. The van der Waals surface area contributed by atoms with Gasteiger partial charge in [0, 0.05) is 18.0 Å². The summed E-state index contributed by atoms with van der Waals surface area (Å²) >= 11 is 1.66. The number of ether oxygens (including phenoxy) is 1. The molecule has 6 heteroatoms.